The standard InChI is InChI=1S/C16H15FN2O2S2/c17-9-5-7-10(8-6-9)18-16(22)19-14-13(15(20)21)11-3-1-2-4-12(11)23-14/h5-8H,1-4H2,(H,20,21)(H2,18,19,22). The number of thiophene rings is 1. The Morgan fingerprint density at radius 2 is 1.87 bits per heavy atom. The van der Waals surface area contributed by atoms with E-state index in [0.717, 1.165) is 36.1 Å². The minimum atomic E-state index is -0.934. The smallest absolute Gasteiger partial charge is 0.339 e. The van der Waals surface area contributed by atoms with E-state index in [0.29, 0.717) is 16.3 Å². The Hall–Kier alpha value is -1.99. The summed E-state index contributed by atoms with van der Waals surface area (Å²) in [4.78, 5) is 12.7. The molecule has 1 aliphatic carbocycles. The normalized spacial score (nSPS) is 13.3. The van der Waals surface area contributed by atoms with Gasteiger partial charge < -0.3 is 15.7 Å². The fourth-order valence-corrected chi connectivity index (χ4v) is 4.25. The molecule has 7 heteroatoms. The van der Waals surface area contributed by atoms with Crippen molar-refractivity contribution in [3.63, 3.8) is 0 Å². The molecule has 0 aliphatic heterocycles. The summed E-state index contributed by atoms with van der Waals surface area (Å²) < 4.78 is 12.9. The van der Waals surface area contributed by atoms with Crippen molar-refractivity contribution in [3.8, 4) is 0 Å². The van der Waals surface area contributed by atoms with E-state index >= 15 is 0 Å². The van der Waals surface area contributed by atoms with Gasteiger partial charge in [-0.15, -0.1) is 11.3 Å². The number of hydrogen-bond acceptors (Lipinski definition) is 3. The van der Waals surface area contributed by atoms with E-state index in [1.807, 2.05) is 0 Å². The van der Waals surface area contributed by atoms with Gasteiger partial charge in [0.25, 0.3) is 0 Å². The number of carbonyl (C=O) groups is 1. The van der Waals surface area contributed by atoms with Gasteiger partial charge in [0.05, 0.1) is 5.56 Å². The molecule has 1 aliphatic rings. The molecule has 0 bridgehead atoms. The monoisotopic (exact) mass is 350 g/mol. The van der Waals surface area contributed by atoms with Gasteiger partial charge in [0.1, 0.15) is 10.8 Å². The Morgan fingerprint density at radius 3 is 2.57 bits per heavy atom. The average molecular weight is 350 g/mol. The van der Waals surface area contributed by atoms with Crippen molar-refractivity contribution in [2.75, 3.05) is 10.6 Å². The molecule has 0 amide bonds. The topological polar surface area (TPSA) is 61.4 Å². The van der Waals surface area contributed by atoms with Crippen LogP contribution in [0, 0.1) is 5.82 Å². The number of benzene rings is 1. The van der Waals surface area contributed by atoms with Gasteiger partial charge >= 0.3 is 5.97 Å². The fourth-order valence-electron chi connectivity index (χ4n) is 2.68. The molecule has 0 spiro atoms. The Bertz CT molecular complexity index is 756. The maximum atomic E-state index is 12.9. The Labute approximate surface area is 142 Å². The van der Waals surface area contributed by atoms with Gasteiger partial charge in [-0.25, -0.2) is 9.18 Å². The summed E-state index contributed by atoms with van der Waals surface area (Å²) in [7, 11) is 0. The lowest BCUT2D eigenvalue weighted by atomic mass is 9.95. The highest BCUT2D eigenvalue weighted by atomic mass is 32.1. The molecule has 0 fully saturated rings. The summed E-state index contributed by atoms with van der Waals surface area (Å²) in [6.45, 7) is 0. The third-order valence-corrected chi connectivity index (χ3v) is 5.13. The maximum absolute atomic E-state index is 12.9. The summed E-state index contributed by atoms with van der Waals surface area (Å²) in [5.41, 5.74) is 1.90. The molecule has 2 aromatic rings. The second-order valence-electron chi connectivity index (χ2n) is 5.31. The number of aryl methyl sites for hydroxylation is 1. The molecule has 1 heterocycles. The predicted octanol–water partition coefficient (Wildman–Crippen LogP) is 4.27. The number of aromatic carboxylic acids is 1. The van der Waals surface area contributed by atoms with Crippen molar-refractivity contribution >= 4 is 45.3 Å². The van der Waals surface area contributed by atoms with Crippen LogP contribution in [0.2, 0.25) is 0 Å². The van der Waals surface area contributed by atoms with E-state index < -0.39 is 5.97 Å². The highest BCUT2D eigenvalue weighted by molar-refractivity contribution is 7.80. The second kappa shape index (κ2) is 6.64. The first-order chi connectivity index (χ1) is 11.0. The van der Waals surface area contributed by atoms with E-state index in [1.165, 1.54) is 23.5 Å². The molecule has 120 valence electrons. The van der Waals surface area contributed by atoms with Crippen LogP contribution in [0.4, 0.5) is 15.1 Å². The highest BCUT2D eigenvalue weighted by Gasteiger charge is 2.25. The molecule has 0 saturated carbocycles. The van der Waals surface area contributed by atoms with Crippen LogP contribution >= 0.6 is 23.6 Å². The molecule has 1 aromatic heterocycles. The molecule has 23 heavy (non-hydrogen) atoms. The second-order valence-corrected chi connectivity index (χ2v) is 6.82. The summed E-state index contributed by atoms with van der Waals surface area (Å²) in [5, 5.41) is 16.3. The number of carboxylic acids is 1. The van der Waals surface area contributed by atoms with Gasteiger partial charge in [-0.3, -0.25) is 0 Å². The van der Waals surface area contributed by atoms with E-state index in [9.17, 15) is 14.3 Å². The zero-order valence-corrected chi connectivity index (χ0v) is 13.8. The van der Waals surface area contributed by atoms with Gasteiger partial charge in [-0.1, -0.05) is 0 Å². The summed E-state index contributed by atoms with van der Waals surface area (Å²) in [6, 6.07) is 5.80. The summed E-state index contributed by atoms with van der Waals surface area (Å²) in [5.74, 6) is -1.26. The molecular weight excluding hydrogens is 335 g/mol. The minimum Gasteiger partial charge on any atom is -0.478 e. The van der Waals surface area contributed by atoms with Crippen molar-refractivity contribution < 1.29 is 14.3 Å². The van der Waals surface area contributed by atoms with Crippen LogP contribution < -0.4 is 10.6 Å². The largest absolute Gasteiger partial charge is 0.478 e. The van der Waals surface area contributed by atoms with Crippen molar-refractivity contribution in [3.05, 3.63) is 46.1 Å². The number of halogens is 1. The first kappa shape index (κ1) is 15.9. The molecule has 4 nitrogen and oxygen atoms in total. The third-order valence-electron chi connectivity index (χ3n) is 3.71. The third kappa shape index (κ3) is 3.51. The molecule has 0 saturated heterocycles. The molecule has 0 atom stereocenters. The minimum absolute atomic E-state index is 0.290. The highest BCUT2D eigenvalue weighted by Crippen LogP contribution is 2.38. The number of fused-ring (bicyclic) bond motifs is 1. The van der Waals surface area contributed by atoms with Crippen molar-refractivity contribution in [2.24, 2.45) is 0 Å². The lowest BCUT2D eigenvalue weighted by molar-refractivity contribution is 0.0697. The predicted molar refractivity (Wildman–Crippen MR) is 94.2 cm³/mol. The van der Waals surface area contributed by atoms with Crippen LogP contribution in [0.25, 0.3) is 0 Å². The van der Waals surface area contributed by atoms with E-state index in [-0.39, 0.29) is 10.9 Å². The lowest BCUT2D eigenvalue weighted by Crippen LogP contribution is -2.20. The van der Waals surface area contributed by atoms with E-state index in [4.69, 9.17) is 12.2 Å². The molecule has 1 aromatic carbocycles. The molecule has 3 N–H and O–H groups in total. The van der Waals surface area contributed by atoms with Crippen molar-refractivity contribution in [1.82, 2.24) is 0 Å². The summed E-state index contributed by atoms with van der Waals surface area (Å²) in [6.07, 6.45) is 3.82. The molecule has 3 rings (SSSR count). The van der Waals surface area contributed by atoms with E-state index in [2.05, 4.69) is 10.6 Å². The van der Waals surface area contributed by atoms with E-state index in [1.54, 1.807) is 12.1 Å². The molecule has 0 radical (unpaired) electrons. The lowest BCUT2D eigenvalue weighted by Gasteiger charge is -2.11. The first-order valence-electron chi connectivity index (χ1n) is 7.26. The van der Waals surface area contributed by atoms with Gasteiger partial charge in [0.2, 0.25) is 0 Å². The number of nitrogens with one attached hydrogen (secondary N) is 2. The fraction of sp³-hybridized carbons (Fsp3) is 0.250. The number of carboxylic acid groups (broad SMARTS) is 1. The number of thiocarbonyl (C=S) groups is 1. The zero-order valence-electron chi connectivity index (χ0n) is 12.2. The summed E-state index contributed by atoms with van der Waals surface area (Å²) >= 11 is 6.69. The van der Waals surface area contributed by atoms with Gasteiger partial charge in [0.15, 0.2) is 5.11 Å². The van der Waals surface area contributed by atoms with Crippen LogP contribution in [0.5, 0.6) is 0 Å². The number of anilines is 2. The van der Waals surface area contributed by atoms with Gasteiger partial charge in [0, 0.05) is 10.6 Å². The van der Waals surface area contributed by atoms with Crippen LogP contribution in [0.1, 0.15) is 33.6 Å². The Kier molecular flexibility index (Phi) is 4.58. The van der Waals surface area contributed by atoms with Crippen LogP contribution in [0.15, 0.2) is 24.3 Å². The number of rotatable bonds is 3. The zero-order chi connectivity index (χ0) is 16.4. The Balaban J connectivity index is 1.79. The quantitative estimate of drug-likeness (QED) is 0.722. The van der Waals surface area contributed by atoms with Crippen LogP contribution in [-0.2, 0) is 12.8 Å². The Morgan fingerprint density at radius 1 is 1.17 bits per heavy atom. The van der Waals surface area contributed by atoms with Crippen LogP contribution in [0.3, 0.4) is 0 Å². The van der Waals surface area contributed by atoms with Crippen LogP contribution in [-0.4, -0.2) is 16.2 Å². The molecule has 0 unspecified atom stereocenters. The SMILES string of the molecule is O=C(O)c1c(NC(=S)Nc2ccc(F)cc2)sc2c1CCCC2. The van der Waals surface area contributed by atoms with Crippen molar-refractivity contribution in [1.29, 1.82) is 0 Å². The average Bonchev–Trinajstić information content (AvgIpc) is 2.87. The molecular formula is C16H15FN2O2S2. The maximum Gasteiger partial charge on any atom is 0.339 e. The van der Waals surface area contributed by atoms with Gasteiger partial charge in [-0.05, 0) is 67.7 Å². The van der Waals surface area contributed by atoms with Crippen molar-refractivity contribution in [2.45, 2.75) is 25.7 Å². The number of hydrogen-bond donors (Lipinski definition) is 3. The first-order valence-corrected chi connectivity index (χ1v) is 8.48. The van der Waals surface area contributed by atoms with Gasteiger partial charge in [-0.2, -0.15) is 0 Å².